The van der Waals surface area contributed by atoms with E-state index in [1.54, 1.807) is 0 Å². The van der Waals surface area contributed by atoms with Crippen LogP contribution in [0, 0.1) is 11.8 Å². The number of nitrogens with one attached hydrogen (secondary N) is 3. The molecule has 1 saturated carbocycles. The summed E-state index contributed by atoms with van der Waals surface area (Å²) in [5.41, 5.74) is 1.84. The van der Waals surface area contributed by atoms with Crippen LogP contribution in [0.5, 0.6) is 0 Å². The van der Waals surface area contributed by atoms with E-state index >= 15 is 0 Å². The average Bonchev–Trinajstić information content (AvgIpc) is 2.67. The second-order valence-electron chi connectivity index (χ2n) is 7.82. The van der Waals surface area contributed by atoms with E-state index in [4.69, 9.17) is 0 Å². The van der Waals surface area contributed by atoms with Crippen LogP contribution in [-0.4, -0.2) is 24.4 Å². The lowest BCUT2D eigenvalue weighted by molar-refractivity contribution is -0.126. The zero-order chi connectivity index (χ0) is 18.4. The van der Waals surface area contributed by atoms with Crippen LogP contribution < -0.4 is 16.0 Å². The van der Waals surface area contributed by atoms with Crippen LogP contribution >= 0.6 is 0 Å². The lowest BCUT2D eigenvalue weighted by Gasteiger charge is -2.27. The van der Waals surface area contributed by atoms with Gasteiger partial charge in [-0.25, -0.2) is 0 Å². The van der Waals surface area contributed by atoms with E-state index in [0.717, 1.165) is 56.3 Å². The fraction of sp³-hybridized carbons (Fsp3) is 0.619. The van der Waals surface area contributed by atoms with Crippen molar-refractivity contribution in [2.24, 2.45) is 11.8 Å². The van der Waals surface area contributed by atoms with Gasteiger partial charge in [0.2, 0.25) is 11.8 Å². The Morgan fingerprint density at radius 2 is 1.88 bits per heavy atom. The van der Waals surface area contributed by atoms with Gasteiger partial charge in [0.1, 0.15) is 0 Å². The highest BCUT2D eigenvalue weighted by molar-refractivity contribution is 5.92. The molecule has 2 fully saturated rings. The van der Waals surface area contributed by atoms with Gasteiger partial charge in [0.25, 0.3) is 0 Å². The van der Waals surface area contributed by atoms with Gasteiger partial charge in [-0.2, -0.15) is 0 Å². The summed E-state index contributed by atoms with van der Waals surface area (Å²) in [6, 6.07) is 8.21. The van der Waals surface area contributed by atoms with Gasteiger partial charge in [0.15, 0.2) is 0 Å². The minimum Gasteiger partial charge on any atom is -0.352 e. The standard InChI is InChI=1S/C21H31N3O2/c1-15-12-18(10-11-22-15)20(25)23-14-16-6-5-9-19(13-16)24-21(26)17-7-3-2-4-8-17/h5-6,9,13,15,17-18,22H,2-4,7-8,10-12,14H2,1H3,(H,23,25)(H,24,26)/t15-,18-/m0/s1. The third-order valence-corrected chi connectivity index (χ3v) is 5.63. The maximum atomic E-state index is 12.4. The van der Waals surface area contributed by atoms with Crippen LogP contribution in [-0.2, 0) is 16.1 Å². The lowest BCUT2D eigenvalue weighted by atomic mass is 9.88. The Bertz CT molecular complexity index is 625. The van der Waals surface area contributed by atoms with Crippen molar-refractivity contribution >= 4 is 17.5 Å². The Balaban J connectivity index is 1.50. The number of carbonyl (C=O) groups is 2. The van der Waals surface area contributed by atoms with E-state index in [0.29, 0.717) is 12.6 Å². The van der Waals surface area contributed by atoms with Crippen molar-refractivity contribution in [2.45, 2.75) is 64.5 Å². The highest BCUT2D eigenvalue weighted by atomic mass is 16.2. The number of piperidine rings is 1. The molecule has 3 N–H and O–H groups in total. The first-order valence-electron chi connectivity index (χ1n) is 10.0. The second kappa shape index (κ2) is 9.17. The summed E-state index contributed by atoms with van der Waals surface area (Å²) in [4.78, 5) is 24.8. The summed E-state index contributed by atoms with van der Waals surface area (Å²) in [6.45, 7) is 3.53. The van der Waals surface area contributed by atoms with Gasteiger partial charge in [-0.05, 0) is 56.8 Å². The van der Waals surface area contributed by atoms with E-state index in [1.165, 1.54) is 6.42 Å². The maximum Gasteiger partial charge on any atom is 0.227 e. The predicted octanol–water partition coefficient (Wildman–Crippen LogP) is 3.21. The predicted molar refractivity (Wildman–Crippen MR) is 104 cm³/mol. The van der Waals surface area contributed by atoms with Crippen molar-refractivity contribution < 1.29 is 9.59 Å². The number of hydrogen-bond acceptors (Lipinski definition) is 3. The Kier molecular flexibility index (Phi) is 6.67. The monoisotopic (exact) mass is 357 g/mol. The van der Waals surface area contributed by atoms with Crippen LogP contribution in [0.4, 0.5) is 5.69 Å². The molecular weight excluding hydrogens is 326 g/mol. The van der Waals surface area contributed by atoms with Crippen molar-refractivity contribution in [2.75, 3.05) is 11.9 Å². The zero-order valence-corrected chi connectivity index (χ0v) is 15.7. The summed E-state index contributed by atoms with van der Waals surface area (Å²) in [6.07, 6.45) is 7.33. The Hall–Kier alpha value is -1.88. The molecule has 1 heterocycles. The van der Waals surface area contributed by atoms with Gasteiger partial charge in [-0.15, -0.1) is 0 Å². The molecular formula is C21H31N3O2. The van der Waals surface area contributed by atoms with Gasteiger partial charge in [0, 0.05) is 30.1 Å². The fourth-order valence-corrected chi connectivity index (χ4v) is 4.07. The number of carbonyl (C=O) groups excluding carboxylic acids is 2. The molecule has 5 heteroatoms. The van der Waals surface area contributed by atoms with Crippen molar-refractivity contribution in [3.05, 3.63) is 29.8 Å². The van der Waals surface area contributed by atoms with Crippen LogP contribution in [0.2, 0.25) is 0 Å². The van der Waals surface area contributed by atoms with E-state index in [-0.39, 0.29) is 23.7 Å². The SMILES string of the molecule is C[C@H]1C[C@@H](C(=O)NCc2cccc(NC(=O)C3CCCCC3)c2)CCN1. The van der Waals surface area contributed by atoms with Gasteiger partial charge < -0.3 is 16.0 Å². The number of hydrogen-bond donors (Lipinski definition) is 3. The number of benzene rings is 1. The van der Waals surface area contributed by atoms with Crippen molar-refractivity contribution in [1.29, 1.82) is 0 Å². The van der Waals surface area contributed by atoms with Crippen LogP contribution in [0.15, 0.2) is 24.3 Å². The average molecular weight is 357 g/mol. The van der Waals surface area contributed by atoms with Crippen LogP contribution in [0.25, 0.3) is 0 Å². The summed E-state index contributed by atoms with van der Waals surface area (Å²) in [5.74, 6) is 0.513. The molecule has 1 saturated heterocycles. The first-order chi connectivity index (χ1) is 12.6. The molecule has 0 bridgehead atoms. The highest BCUT2D eigenvalue weighted by Crippen LogP contribution is 2.25. The second-order valence-corrected chi connectivity index (χ2v) is 7.82. The summed E-state index contributed by atoms with van der Waals surface area (Å²) < 4.78 is 0. The first kappa shape index (κ1) is 18.9. The van der Waals surface area contributed by atoms with E-state index < -0.39 is 0 Å². The quantitative estimate of drug-likeness (QED) is 0.758. The van der Waals surface area contributed by atoms with Crippen molar-refractivity contribution in [3.63, 3.8) is 0 Å². The molecule has 0 unspecified atom stereocenters. The van der Waals surface area contributed by atoms with Crippen molar-refractivity contribution in [3.8, 4) is 0 Å². The molecule has 0 radical (unpaired) electrons. The molecule has 2 amide bonds. The third-order valence-electron chi connectivity index (χ3n) is 5.63. The number of amides is 2. The van der Waals surface area contributed by atoms with Crippen LogP contribution in [0.3, 0.4) is 0 Å². The number of rotatable bonds is 5. The minimum atomic E-state index is 0.0976. The molecule has 0 aromatic heterocycles. The Morgan fingerprint density at radius 1 is 1.08 bits per heavy atom. The molecule has 1 aromatic rings. The van der Waals surface area contributed by atoms with Gasteiger partial charge >= 0.3 is 0 Å². The molecule has 1 aliphatic carbocycles. The third kappa shape index (κ3) is 5.31. The molecule has 1 aromatic carbocycles. The summed E-state index contributed by atoms with van der Waals surface area (Å²) in [5, 5.41) is 9.48. The highest BCUT2D eigenvalue weighted by Gasteiger charge is 2.24. The minimum absolute atomic E-state index is 0.0976. The molecule has 2 aliphatic rings. The topological polar surface area (TPSA) is 70.2 Å². The van der Waals surface area contributed by atoms with Gasteiger partial charge in [-0.3, -0.25) is 9.59 Å². The normalized spacial score (nSPS) is 24.0. The van der Waals surface area contributed by atoms with Gasteiger partial charge in [0.05, 0.1) is 0 Å². The molecule has 142 valence electrons. The van der Waals surface area contributed by atoms with Crippen LogP contribution in [0.1, 0.15) is 57.4 Å². The van der Waals surface area contributed by atoms with Gasteiger partial charge in [-0.1, -0.05) is 31.4 Å². The Labute approximate surface area is 156 Å². The first-order valence-corrected chi connectivity index (χ1v) is 10.0. The van der Waals surface area contributed by atoms with Crippen molar-refractivity contribution in [1.82, 2.24) is 10.6 Å². The molecule has 3 rings (SSSR count). The molecule has 26 heavy (non-hydrogen) atoms. The Morgan fingerprint density at radius 3 is 2.65 bits per heavy atom. The molecule has 1 aliphatic heterocycles. The zero-order valence-electron chi connectivity index (χ0n) is 15.7. The lowest BCUT2D eigenvalue weighted by Crippen LogP contribution is -2.42. The summed E-state index contributed by atoms with van der Waals surface area (Å²) in [7, 11) is 0. The van der Waals surface area contributed by atoms with E-state index in [1.807, 2.05) is 24.3 Å². The largest absolute Gasteiger partial charge is 0.352 e. The van der Waals surface area contributed by atoms with E-state index in [9.17, 15) is 9.59 Å². The summed E-state index contributed by atoms with van der Waals surface area (Å²) >= 11 is 0. The molecule has 0 spiro atoms. The molecule has 2 atom stereocenters. The maximum absolute atomic E-state index is 12.4. The molecule has 5 nitrogen and oxygen atoms in total. The number of anilines is 1. The van der Waals surface area contributed by atoms with E-state index in [2.05, 4.69) is 22.9 Å². The smallest absolute Gasteiger partial charge is 0.227 e. The fourth-order valence-electron chi connectivity index (χ4n) is 4.07.